The molecule has 2 N–H and O–H groups in total. The second-order valence-corrected chi connectivity index (χ2v) is 8.83. The van der Waals surface area contributed by atoms with Gasteiger partial charge in [-0.15, -0.1) is 11.3 Å². The van der Waals surface area contributed by atoms with Crippen LogP contribution in [0.1, 0.15) is 18.7 Å². The molecule has 0 bridgehead atoms. The molecule has 0 saturated carbocycles. The first-order valence-corrected chi connectivity index (χ1v) is 9.42. The highest BCUT2D eigenvalue weighted by atomic mass is 79.9. The third-order valence-corrected chi connectivity index (χ3v) is 6.25. The summed E-state index contributed by atoms with van der Waals surface area (Å²) in [5.41, 5.74) is 0.491. The van der Waals surface area contributed by atoms with Crippen molar-refractivity contribution in [2.24, 2.45) is 0 Å². The molecule has 0 aliphatic heterocycles. The zero-order chi connectivity index (χ0) is 15.5. The number of thiophene rings is 1. The Morgan fingerprint density at radius 3 is 2.62 bits per heavy atom. The van der Waals surface area contributed by atoms with Gasteiger partial charge in [0, 0.05) is 29.9 Å². The van der Waals surface area contributed by atoms with Crippen LogP contribution in [0.15, 0.2) is 39.3 Å². The van der Waals surface area contributed by atoms with E-state index < -0.39 is 10.0 Å². The van der Waals surface area contributed by atoms with Crippen LogP contribution in [0.2, 0.25) is 0 Å². The van der Waals surface area contributed by atoms with Crippen molar-refractivity contribution in [1.29, 1.82) is 0 Å². The van der Waals surface area contributed by atoms with Gasteiger partial charge in [0.1, 0.15) is 4.90 Å². The average Bonchev–Trinajstić information content (AvgIpc) is 2.79. The summed E-state index contributed by atoms with van der Waals surface area (Å²) < 4.78 is 27.9. The molecule has 0 aromatic carbocycles. The third-order valence-electron chi connectivity index (χ3n) is 2.61. The summed E-state index contributed by atoms with van der Waals surface area (Å²) in [5, 5.41) is 3.27. The Labute approximate surface area is 137 Å². The fraction of sp³-hybridized carbons (Fsp3) is 0.308. The maximum atomic E-state index is 12.4. The monoisotopic (exact) mass is 389 g/mol. The Bertz CT molecular complexity index is 699. The van der Waals surface area contributed by atoms with Gasteiger partial charge in [0.25, 0.3) is 10.0 Å². The molecule has 0 unspecified atom stereocenters. The van der Waals surface area contributed by atoms with Gasteiger partial charge in [-0.1, -0.05) is 13.8 Å². The minimum absolute atomic E-state index is 0.255. The van der Waals surface area contributed by atoms with Crippen molar-refractivity contribution < 1.29 is 8.42 Å². The van der Waals surface area contributed by atoms with Crippen LogP contribution >= 0.6 is 27.3 Å². The van der Waals surface area contributed by atoms with E-state index in [9.17, 15) is 8.42 Å². The summed E-state index contributed by atoms with van der Waals surface area (Å²) in [5.74, 6) is 0. The van der Waals surface area contributed by atoms with E-state index in [2.05, 4.69) is 31.0 Å². The number of sulfonamides is 1. The number of halogens is 1. The molecule has 0 atom stereocenters. The fourth-order valence-electron chi connectivity index (χ4n) is 1.60. The van der Waals surface area contributed by atoms with Crippen molar-refractivity contribution >= 4 is 43.0 Å². The van der Waals surface area contributed by atoms with Gasteiger partial charge in [0.15, 0.2) is 0 Å². The van der Waals surface area contributed by atoms with Crippen LogP contribution in [0.4, 0.5) is 5.69 Å². The van der Waals surface area contributed by atoms with Crippen LogP contribution in [0.25, 0.3) is 0 Å². The van der Waals surface area contributed by atoms with Crippen LogP contribution < -0.4 is 10.0 Å². The van der Waals surface area contributed by atoms with E-state index in [1.54, 1.807) is 30.6 Å². The first kappa shape index (κ1) is 16.4. The Hall–Kier alpha value is -0.960. The Morgan fingerprint density at radius 2 is 2.00 bits per heavy atom. The predicted octanol–water partition coefficient (Wildman–Crippen LogP) is 3.20. The van der Waals surface area contributed by atoms with Gasteiger partial charge in [0.2, 0.25) is 0 Å². The van der Waals surface area contributed by atoms with Crippen molar-refractivity contribution in [3.63, 3.8) is 0 Å². The van der Waals surface area contributed by atoms with Crippen LogP contribution in [-0.2, 0) is 16.6 Å². The second-order valence-electron chi connectivity index (χ2n) is 4.73. The van der Waals surface area contributed by atoms with Gasteiger partial charge in [-0.3, -0.25) is 9.71 Å². The molecule has 5 nitrogen and oxygen atoms in total. The van der Waals surface area contributed by atoms with E-state index in [0.29, 0.717) is 22.1 Å². The number of hydrogen-bond donors (Lipinski definition) is 2. The van der Waals surface area contributed by atoms with Gasteiger partial charge >= 0.3 is 0 Å². The van der Waals surface area contributed by atoms with E-state index >= 15 is 0 Å². The second kappa shape index (κ2) is 6.87. The quantitative estimate of drug-likeness (QED) is 0.795. The zero-order valence-corrected chi connectivity index (χ0v) is 14.8. The van der Waals surface area contributed by atoms with E-state index in [1.165, 1.54) is 11.3 Å². The lowest BCUT2D eigenvalue weighted by atomic mass is 10.4. The van der Waals surface area contributed by atoms with Crippen molar-refractivity contribution in [3.05, 3.63) is 39.3 Å². The molecule has 2 aromatic rings. The highest BCUT2D eigenvalue weighted by Crippen LogP contribution is 2.32. The largest absolute Gasteiger partial charge is 0.310 e. The van der Waals surface area contributed by atoms with Gasteiger partial charge in [-0.25, -0.2) is 8.42 Å². The summed E-state index contributed by atoms with van der Waals surface area (Å²) >= 11 is 4.75. The molecule has 0 aliphatic rings. The Balaban J connectivity index is 2.20. The first-order valence-electron chi connectivity index (χ1n) is 6.33. The van der Waals surface area contributed by atoms with Crippen LogP contribution in [0.3, 0.4) is 0 Å². The standard InChI is InChI=1S/C13H16BrN3O2S2/c1-9(2)16-8-11-7-12(13(14)20-11)21(18,19)17-10-3-5-15-6-4-10/h3-7,9,16H,8H2,1-2H3,(H,15,17). The smallest absolute Gasteiger partial charge is 0.263 e. The van der Waals surface area contributed by atoms with E-state index in [1.807, 2.05) is 13.8 Å². The maximum absolute atomic E-state index is 12.4. The molecule has 2 rings (SSSR count). The summed E-state index contributed by atoms with van der Waals surface area (Å²) in [6.45, 7) is 4.74. The number of hydrogen-bond acceptors (Lipinski definition) is 5. The number of nitrogens with zero attached hydrogens (tertiary/aromatic N) is 1. The molecule has 0 radical (unpaired) electrons. The SMILES string of the molecule is CC(C)NCc1cc(S(=O)(=O)Nc2ccncc2)c(Br)s1. The lowest BCUT2D eigenvalue weighted by Crippen LogP contribution is -2.21. The highest BCUT2D eigenvalue weighted by molar-refractivity contribution is 9.11. The topological polar surface area (TPSA) is 71.1 Å². The van der Waals surface area contributed by atoms with Crippen molar-refractivity contribution in [2.45, 2.75) is 31.3 Å². The van der Waals surface area contributed by atoms with Crippen molar-refractivity contribution in [1.82, 2.24) is 10.3 Å². The molecule has 2 aromatic heterocycles. The molecule has 2 heterocycles. The molecule has 0 fully saturated rings. The molecule has 0 saturated heterocycles. The maximum Gasteiger partial charge on any atom is 0.263 e. The van der Waals surface area contributed by atoms with Crippen molar-refractivity contribution in [2.75, 3.05) is 4.72 Å². The van der Waals surface area contributed by atoms with E-state index in [-0.39, 0.29) is 4.90 Å². The summed E-state index contributed by atoms with van der Waals surface area (Å²) in [4.78, 5) is 5.08. The summed E-state index contributed by atoms with van der Waals surface area (Å²) in [6, 6.07) is 5.26. The molecule has 8 heteroatoms. The zero-order valence-electron chi connectivity index (χ0n) is 11.6. The fourth-order valence-corrected chi connectivity index (χ4v) is 5.30. The van der Waals surface area contributed by atoms with Crippen LogP contribution in [0, 0.1) is 0 Å². The number of rotatable bonds is 6. The predicted molar refractivity (Wildman–Crippen MR) is 89.0 cm³/mol. The Morgan fingerprint density at radius 1 is 1.33 bits per heavy atom. The van der Waals surface area contributed by atoms with E-state index in [0.717, 1.165) is 4.88 Å². The molecule has 21 heavy (non-hydrogen) atoms. The van der Waals surface area contributed by atoms with Gasteiger partial charge in [-0.05, 0) is 34.1 Å². The molecular weight excluding hydrogens is 374 g/mol. The number of anilines is 1. The minimum Gasteiger partial charge on any atom is -0.310 e. The summed E-state index contributed by atoms with van der Waals surface area (Å²) in [6.07, 6.45) is 3.08. The summed E-state index contributed by atoms with van der Waals surface area (Å²) in [7, 11) is -3.60. The number of nitrogens with one attached hydrogen (secondary N) is 2. The molecular formula is C13H16BrN3O2S2. The molecule has 114 valence electrons. The van der Waals surface area contributed by atoms with Gasteiger partial charge in [0.05, 0.1) is 9.47 Å². The minimum atomic E-state index is -3.60. The Kier molecular flexibility index (Phi) is 5.37. The first-order chi connectivity index (χ1) is 9.88. The van der Waals surface area contributed by atoms with Crippen LogP contribution in [-0.4, -0.2) is 19.4 Å². The third kappa shape index (κ3) is 4.50. The van der Waals surface area contributed by atoms with Gasteiger partial charge < -0.3 is 5.32 Å². The van der Waals surface area contributed by atoms with E-state index in [4.69, 9.17) is 0 Å². The molecule has 0 spiro atoms. The number of pyridine rings is 1. The van der Waals surface area contributed by atoms with Crippen LogP contribution in [0.5, 0.6) is 0 Å². The normalized spacial score (nSPS) is 11.8. The lowest BCUT2D eigenvalue weighted by molar-refractivity contribution is 0.592. The average molecular weight is 390 g/mol. The molecule has 0 aliphatic carbocycles. The van der Waals surface area contributed by atoms with Gasteiger partial charge in [-0.2, -0.15) is 0 Å². The lowest BCUT2D eigenvalue weighted by Gasteiger charge is -2.06. The molecule has 0 amide bonds. The number of aromatic nitrogens is 1. The highest BCUT2D eigenvalue weighted by Gasteiger charge is 2.21. The van der Waals surface area contributed by atoms with Crippen molar-refractivity contribution in [3.8, 4) is 0 Å².